The topological polar surface area (TPSA) is 44.7 Å². The van der Waals surface area contributed by atoms with Gasteiger partial charge in [-0.05, 0) is 44.1 Å². The van der Waals surface area contributed by atoms with Gasteiger partial charge in [0.05, 0.1) is 0 Å². The van der Waals surface area contributed by atoms with Crippen LogP contribution < -0.4 is 10.1 Å². The summed E-state index contributed by atoms with van der Waals surface area (Å²) >= 11 is 0. The van der Waals surface area contributed by atoms with E-state index in [0.29, 0.717) is 12.5 Å². The molecule has 21 heavy (non-hydrogen) atoms. The second-order valence-electron chi connectivity index (χ2n) is 5.60. The molecule has 0 aliphatic carbocycles. The van der Waals surface area contributed by atoms with Crippen molar-refractivity contribution in [3.05, 3.63) is 30.1 Å². The summed E-state index contributed by atoms with van der Waals surface area (Å²) < 4.78 is 18.6. The average Bonchev–Trinajstić information content (AvgIpc) is 2.94. The molecule has 1 saturated heterocycles. The molecule has 118 valence electrons. The van der Waals surface area contributed by atoms with Crippen molar-refractivity contribution in [1.29, 1.82) is 0 Å². The number of nitrogens with one attached hydrogen (secondary N) is 1. The van der Waals surface area contributed by atoms with E-state index in [9.17, 15) is 9.50 Å². The molecular weight excluding hydrogens is 271 g/mol. The fourth-order valence-electron chi connectivity index (χ4n) is 2.63. The maximum absolute atomic E-state index is 13.3. The second kappa shape index (κ2) is 8.32. The molecule has 1 aromatic rings. The molecule has 2 unspecified atom stereocenters. The number of aliphatic hydroxyl groups is 1. The van der Waals surface area contributed by atoms with E-state index in [2.05, 4.69) is 17.1 Å². The molecule has 2 rings (SSSR count). The molecule has 2 N–H and O–H groups in total. The highest BCUT2D eigenvalue weighted by atomic mass is 19.1. The van der Waals surface area contributed by atoms with Gasteiger partial charge in [-0.3, -0.25) is 0 Å². The Morgan fingerprint density at radius 3 is 3.00 bits per heavy atom. The van der Waals surface area contributed by atoms with Gasteiger partial charge in [0.1, 0.15) is 12.7 Å². The predicted molar refractivity (Wildman–Crippen MR) is 81.0 cm³/mol. The van der Waals surface area contributed by atoms with Gasteiger partial charge >= 0.3 is 0 Å². The number of para-hydroxylation sites is 1. The van der Waals surface area contributed by atoms with E-state index < -0.39 is 11.9 Å². The van der Waals surface area contributed by atoms with Gasteiger partial charge in [-0.15, -0.1) is 0 Å². The Kier molecular flexibility index (Phi) is 6.42. The van der Waals surface area contributed by atoms with Gasteiger partial charge in [0.2, 0.25) is 0 Å². The number of likely N-dealkylation sites (tertiary alicyclic amines) is 1. The third-order valence-electron chi connectivity index (χ3n) is 3.90. The summed E-state index contributed by atoms with van der Waals surface area (Å²) in [5, 5.41) is 13.1. The van der Waals surface area contributed by atoms with Gasteiger partial charge in [-0.1, -0.05) is 19.1 Å². The highest BCUT2D eigenvalue weighted by molar-refractivity contribution is 5.23. The number of ether oxygens (including phenoxy) is 1. The largest absolute Gasteiger partial charge is 0.488 e. The number of rotatable bonds is 8. The lowest BCUT2D eigenvalue weighted by Crippen LogP contribution is -2.35. The number of hydrogen-bond acceptors (Lipinski definition) is 4. The maximum atomic E-state index is 13.3. The summed E-state index contributed by atoms with van der Waals surface area (Å²) in [5.74, 6) is 0.443. The summed E-state index contributed by atoms with van der Waals surface area (Å²) in [5.41, 5.74) is 0. The Balaban J connectivity index is 1.60. The SMILES string of the molecule is CCN1CCC(CNCC(O)COc2ccccc2F)C1. The Labute approximate surface area is 125 Å². The number of nitrogens with zero attached hydrogens (tertiary/aromatic N) is 1. The van der Waals surface area contributed by atoms with Gasteiger partial charge in [-0.25, -0.2) is 4.39 Å². The Morgan fingerprint density at radius 2 is 2.29 bits per heavy atom. The lowest BCUT2D eigenvalue weighted by atomic mass is 10.1. The van der Waals surface area contributed by atoms with Crippen LogP contribution in [-0.4, -0.2) is 55.4 Å². The van der Waals surface area contributed by atoms with Crippen molar-refractivity contribution >= 4 is 0 Å². The van der Waals surface area contributed by atoms with Crippen LogP contribution in [0, 0.1) is 11.7 Å². The van der Waals surface area contributed by atoms with E-state index >= 15 is 0 Å². The zero-order valence-electron chi connectivity index (χ0n) is 12.6. The predicted octanol–water partition coefficient (Wildman–Crippen LogP) is 1.50. The van der Waals surface area contributed by atoms with Gasteiger partial charge < -0.3 is 20.1 Å². The van der Waals surface area contributed by atoms with Crippen molar-refractivity contribution in [3.63, 3.8) is 0 Å². The molecule has 0 spiro atoms. The monoisotopic (exact) mass is 296 g/mol. The highest BCUT2D eigenvalue weighted by Crippen LogP contribution is 2.16. The molecule has 0 saturated carbocycles. The third kappa shape index (κ3) is 5.26. The van der Waals surface area contributed by atoms with E-state index in [4.69, 9.17) is 4.74 Å². The van der Waals surface area contributed by atoms with Crippen LogP contribution in [0.5, 0.6) is 5.75 Å². The van der Waals surface area contributed by atoms with Gasteiger partial charge in [0.15, 0.2) is 11.6 Å². The van der Waals surface area contributed by atoms with Crippen molar-refractivity contribution in [3.8, 4) is 5.75 Å². The first-order valence-corrected chi connectivity index (χ1v) is 7.67. The van der Waals surface area contributed by atoms with Crippen molar-refractivity contribution in [2.45, 2.75) is 19.4 Å². The second-order valence-corrected chi connectivity index (χ2v) is 5.60. The Bertz CT molecular complexity index is 430. The first-order chi connectivity index (χ1) is 10.2. The van der Waals surface area contributed by atoms with Crippen LogP contribution in [0.3, 0.4) is 0 Å². The van der Waals surface area contributed by atoms with Crippen molar-refractivity contribution < 1.29 is 14.2 Å². The van der Waals surface area contributed by atoms with Crippen LogP contribution in [0.2, 0.25) is 0 Å². The minimum absolute atomic E-state index is 0.0969. The first-order valence-electron chi connectivity index (χ1n) is 7.67. The van der Waals surface area contributed by atoms with E-state index in [0.717, 1.165) is 19.6 Å². The quantitative estimate of drug-likeness (QED) is 0.763. The summed E-state index contributed by atoms with van der Waals surface area (Å²) in [6, 6.07) is 6.23. The smallest absolute Gasteiger partial charge is 0.165 e. The molecule has 1 fully saturated rings. The van der Waals surface area contributed by atoms with E-state index in [1.165, 1.54) is 19.0 Å². The van der Waals surface area contributed by atoms with Crippen LogP contribution in [0.4, 0.5) is 4.39 Å². The molecule has 2 atom stereocenters. The van der Waals surface area contributed by atoms with Crippen molar-refractivity contribution in [1.82, 2.24) is 10.2 Å². The van der Waals surface area contributed by atoms with Gasteiger partial charge in [0, 0.05) is 13.1 Å². The van der Waals surface area contributed by atoms with Crippen LogP contribution in [0.25, 0.3) is 0 Å². The van der Waals surface area contributed by atoms with Crippen LogP contribution in [0.15, 0.2) is 24.3 Å². The van der Waals surface area contributed by atoms with Crippen LogP contribution >= 0.6 is 0 Å². The van der Waals surface area contributed by atoms with Gasteiger partial charge in [0.25, 0.3) is 0 Å². The molecule has 0 aromatic heterocycles. The zero-order valence-corrected chi connectivity index (χ0v) is 12.6. The van der Waals surface area contributed by atoms with Crippen LogP contribution in [-0.2, 0) is 0 Å². The molecule has 1 aromatic carbocycles. The fraction of sp³-hybridized carbons (Fsp3) is 0.625. The standard InChI is InChI=1S/C16H25FN2O2/c1-2-19-8-7-13(11-19)9-18-10-14(20)12-21-16-6-4-3-5-15(16)17/h3-6,13-14,18,20H,2,7-12H2,1H3. The number of halogens is 1. The van der Waals surface area contributed by atoms with E-state index in [1.807, 2.05) is 0 Å². The van der Waals surface area contributed by atoms with Gasteiger partial charge in [-0.2, -0.15) is 0 Å². The molecule has 5 heteroatoms. The maximum Gasteiger partial charge on any atom is 0.165 e. The molecule has 1 heterocycles. The minimum atomic E-state index is -0.631. The lowest BCUT2D eigenvalue weighted by Gasteiger charge is -2.16. The fourth-order valence-corrected chi connectivity index (χ4v) is 2.63. The van der Waals surface area contributed by atoms with E-state index in [-0.39, 0.29) is 12.4 Å². The summed E-state index contributed by atoms with van der Waals surface area (Å²) in [7, 11) is 0. The molecule has 4 nitrogen and oxygen atoms in total. The van der Waals surface area contributed by atoms with Crippen molar-refractivity contribution in [2.24, 2.45) is 5.92 Å². The number of aliphatic hydroxyl groups excluding tert-OH is 1. The normalized spacial score (nSPS) is 20.6. The molecule has 0 radical (unpaired) electrons. The molecule has 1 aliphatic heterocycles. The van der Waals surface area contributed by atoms with Crippen molar-refractivity contribution in [2.75, 3.05) is 39.3 Å². The Hall–Kier alpha value is -1.17. The highest BCUT2D eigenvalue weighted by Gasteiger charge is 2.20. The summed E-state index contributed by atoms with van der Waals surface area (Å²) in [6.07, 6.45) is 0.580. The third-order valence-corrected chi connectivity index (χ3v) is 3.90. The molecule has 1 aliphatic rings. The zero-order chi connectivity index (χ0) is 15.1. The number of hydrogen-bond donors (Lipinski definition) is 2. The van der Waals surface area contributed by atoms with E-state index in [1.54, 1.807) is 18.2 Å². The minimum Gasteiger partial charge on any atom is -0.488 e. The molecular formula is C16H25FN2O2. The summed E-state index contributed by atoms with van der Waals surface area (Å²) in [6.45, 7) is 7.06. The molecule has 0 bridgehead atoms. The summed E-state index contributed by atoms with van der Waals surface area (Å²) in [4.78, 5) is 2.43. The first kappa shape index (κ1) is 16.2. The Morgan fingerprint density at radius 1 is 1.48 bits per heavy atom. The number of benzene rings is 1. The van der Waals surface area contributed by atoms with Crippen LogP contribution in [0.1, 0.15) is 13.3 Å². The molecule has 0 amide bonds. The lowest BCUT2D eigenvalue weighted by molar-refractivity contribution is 0.103. The average molecular weight is 296 g/mol.